The van der Waals surface area contributed by atoms with Gasteiger partial charge in [-0.25, -0.2) is 0 Å². The van der Waals surface area contributed by atoms with Gasteiger partial charge in [-0.3, -0.25) is 4.79 Å². The second kappa shape index (κ2) is 8.91. The molecule has 3 aliphatic carbocycles. The van der Waals surface area contributed by atoms with E-state index < -0.39 is 11.6 Å². The third kappa shape index (κ3) is 5.23. The van der Waals surface area contributed by atoms with Crippen molar-refractivity contribution in [3.05, 3.63) is 23.8 Å². The molecular formula is C23H36O4. The van der Waals surface area contributed by atoms with E-state index in [2.05, 4.69) is 18.2 Å². The summed E-state index contributed by atoms with van der Waals surface area (Å²) in [4.78, 5) is 10.6. The number of carboxylic acid groups (broad SMARTS) is 1. The van der Waals surface area contributed by atoms with Crippen LogP contribution in [-0.4, -0.2) is 33.0 Å². The Balaban J connectivity index is 1.48. The van der Waals surface area contributed by atoms with Crippen LogP contribution in [0.15, 0.2) is 23.8 Å². The standard InChI is InChI=1S/C23H36O4/c1-23(27,18-8-3-4-9-18)12-6-10-19-20-14-16(7-2-5-11-22(25)26)13-17(20)15-21(19)24/h6,10,13,17-21,24,27H,2-5,7-9,11-12,14-15H2,1H3,(H,25,26)/t17-,19-,20-,21+,23?/m0/s1. The lowest BCUT2D eigenvalue weighted by molar-refractivity contribution is -0.137. The van der Waals surface area contributed by atoms with Crippen LogP contribution in [-0.2, 0) is 4.79 Å². The Hall–Kier alpha value is -1.13. The summed E-state index contributed by atoms with van der Waals surface area (Å²) < 4.78 is 0. The molecule has 5 atom stereocenters. The summed E-state index contributed by atoms with van der Waals surface area (Å²) in [6.07, 6.45) is 16.5. The molecule has 27 heavy (non-hydrogen) atoms. The van der Waals surface area contributed by atoms with Crippen molar-refractivity contribution in [3.63, 3.8) is 0 Å². The maximum Gasteiger partial charge on any atom is 0.303 e. The topological polar surface area (TPSA) is 77.8 Å². The molecule has 0 aromatic heterocycles. The van der Waals surface area contributed by atoms with Crippen molar-refractivity contribution in [1.29, 1.82) is 0 Å². The summed E-state index contributed by atoms with van der Waals surface area (Å²) in [6, 6.07) is 0. The van der Waals surface area contributed by atoms with Crippen LogP contribution in [0, 0.1) is 23.7 Å². The summed E-state index contributed by atoms with van der Waals surface area (Å²) in [6.45, 7) is 1.97. The number of aliphatic hydroxyl groups excluding tert-OH is 1. The van der Waals surface area contributed by atoms with Crippen molar-refractivity contribution >= 4 is 5.97 Å². The lowest BCUT2D eigenvalue weighted by Gasteiger charge is -2.29. The van der Waals surface area contributed by atoms with Gasteiger partial charge in [0.15, 0.2) is 0 Å². The van der Waals surface area contributed by atoms with Gasteiger partial charge in [-0.1, -0.05) is 36.6 Å². The number of carboxylic acids is 1. The monoisotopic (exact) mass is 376 g/mol. The first-order valence-electron chi connectivity index (χ1n) is 10.9. The second-order valence-corrected chi connectivity index (χ2v) is 9.31. The zero-order valence-corrected chi connectivity index (χ0v) is 16.6. The molecule has 0 bridgehead atoms. The SMILES string of the molecule is CC(O)(CC=C[C@H]1[C@H]2CC(CCCCC(=O)O)=C[C@H]2C[C@H]1O)C1CCCC1. The molecule has 4 heteroatoms. The molecule has 0 aliphatic heterocycles. The van der Waals surface area contributed by atoms with E-state index in [0.29, 0.717) is 24.2 Å². The number of unbranched alkanes of at least 4 members (excludes halogenated alkanes) is 1. The number of carbonyl (C=O) groups is 1. The normalized spacial score (nSPS) is 33.4. The highest BCUT2D eigenvalue weighted by molar-refractivity contribution is 5.66. The molecule has 0 aromatic rings. The Kier molecular flexibility index (Phi) is 6.80. The Morgan fingerprint density at radius 3 is 2.74 bits per heavy atom. The molecule has 0 heterocycles. The first-order valence-corrected chi connectivity index (χ1v) is 10.9. The number of rotatable bonds is 9. The van der Waals surface area contributed by atoms with Gasteiger partial charge in [0.25, 0.3) is 0 Å². The van der Waals surface area contributed by atoms with E-state index in [9.17, 15) is 15.0 Å². The predicted octanol–water partition coefficient (Wildman–Crippen LogP) is 4.46. The number of aliphatic hydroxyl groups is 2. The molecule has 2 fully saturated rings. The van der Waals surface area contributed by atoms with Gasteiger partial charge in [-0.15, -0.1) is 0 Å². The summed E-state index contributed by atoms with van der Waals surface area (Å²) in [5.74, 6) is 0.812. The maximum atomic E-state index is 10.8. The highest BCUT2D eigenvalue weighted by Crippen LogP contribution is 2.48. The van der Waals surface area contributed by atoms with Crippen LogP contribution in [0.1, 0.15) is 77.6 Å². The molecule has 0 saturated heterocycles. The highest BCUT2D eigenvalue weighted by atomic mass is 16.4. The smallest absolute Gasteiger partial charge is 0.303 e. The van der Waals surface area contributed by atoms with Gasteiger partial charge in [0, 0.05) is 12.3 Å². The third-order valence-corrected chi connectivity index (χ3v) is 7.21. The first kappa shape index (κ1) is 20.6. The lowest BCUT2D eigenvalue weighted by atomic mass is 9.83. The molecule has 0 radical (unpaired) electrons. The van der Waals surface area contributed by atoms with E-state index in [1.54, 1.807) is 0 Å². The molecule has 0 spiro atoms. The number of aliphatic carboxylic acids is 1. The maximum absolute atomic E-state index is 10.8. The van der Waals surface area contributed by atoms with Gasteiger partial charge in [0.1, 0.15) is 0 Å². The van der Waals surface area contributed by atoms with Crippen LogP contribution in [0.5, 0.6) is 0 Å². The number of hydrogen-bond donors (Lipinski definition) is 3. The van der Waals surface area contributed by atoms with E-state index in [1.165, 1.54) is 18.4 Å². The fourth-order valence-electron chi connectivity index (χ4n) is 5.60. The van der Waals surface area contributed by atoms with Crippen molar-refractivity contribution < 1.29 is 20.1 Å². The van der Waals surface area contributed by atoms with E-state index >= 15 is 0 Å². The second-order valence-electron chi connectivity index (χ2n) is 9.31. The van der Waals surface area contributed by atoms with Gasteiger partial charge in [0.2, 0.25) is 0 Å². The fourth-order valence-corrected chi connectivity index (χ4v) is 5.60. The minimum absolute atomic E-state index is 0.183. The van der Waals surface area contributed by atoms with Crippen LogP contribution in [0.3, 0.4) is 0 Å². The van der Waals surface area contributed by atoms with Crippen molar-refractivity contribution in [1.82, 2.24) is 0 Å². The highest BCUT2D eigenvalue weighted by Gasteiger charge is 2.43. The summed E-state index contributed by atoms with van der Waals surface area (Å²) in [7, 11) is 0. The Bertz CT molecular complexity index is 571. The molecule has 152 valence electrons. The Morgan fingerprint density at radius 2 is 2.04 bits per heavy atom. The van der Waals surface area contributed by atoms with Crippen LogP contribution in [0.2, 0.25) is 0 Å². The molecule has 1 unspecified atom stereocenters. The molecule has 0 amide bonds. The van der Waals surface area contributed by atoms with Gasteiger partial charge in [-0.05, 0) is 76.0 Å². The van der Waals surface area contributed by atoms with Crippen LogP contribution in [0.25, 0.3) is 0 Å². The van der Waals surface area contributed by atoms with E-state index in [-0.39, 0.29) is 18.4 Å². The van der Waals surface area contributed by atoms with Gasteiger partial charge < -0.3 is 15.3 Å². The fraction of sp³-hybridized carbons (Fsp3) is 0.783. The van der Waals surface area contributed by atoms with Gasteiger partial charge >= 0.3 is 5.97 Å². The lowest BCUT2D eigenvalue weighted by Crippen LogP contribution is -2.32. The molecule has 0 aromatic carbocycles. The third-order valence-electron chi connectivity index (χ3n) is 7.21. The zero-order chi connectivity index (χ0) is 19.4. The molecule has 3 aliphatic rings. The summed E-state index contributed by atoms with van der Waals surface area (Å²) in [5.41, 5.74) is 0.817. The van der Waals surface area contributed by atoms with Crippen molar-refractivity contribution in [2.24, 2.45) is 23.7 Å². The zero-order valence-electron chi connectivity index (χ0n) is 16.6. The van der Waals surface area contributed by atoms with E-state index in [4.69, 9.17) is 5.11 Å². The number of allylic oxidation sites excluding steroid dienone is 2. The molecule has 3 N–H and O–H groups in total. The number of fused-ring (bicyclic) bond motifs is 1. The predicted molar refractivity (Wildman–Crippen MR) is 106 cm³/mol. The van der Waals surface area contributed by atoms with Crippen LogP contribution >= 0.6 is 0 Å². The average Bonchev–Trinajstić information content (AvgIpc) is 3.30. The van der Waals surface area contributed by atoms with Crippen molar-refractivity contribution in [2.75, 3.05) is 0 Å². The van der Waals surface area contributed by atoms with Crippen molar-refractivity contribution in [3.8, 4) is 0 Å². The average molecular weight is 377 g/mol. The first-order chi connectivity index (χ1) is 12.9. The minimum atomic E-state index is -0.714. The molecule has 3 rings (SSSR count). The molecular weight excluding hydrogens is 340 g/mol. The Labute approximate surface area is 163 Å². The summed E-state index contributed by atoms with van der Waals surface area (Å²) in [5, 5.41) is 30.0. The molecule has 4 nitrogen and oxygen atoms in total. The van der Waals surface area contributed by atoms with Crippen molar-refractivity contribution in [2.45, 2.75) is 89.3 Å². The Morgan fingerprint density at radius 1 is 1.30 bits per heavy atom. The van der Waals surface area contributed by atoms with Gasteiger partial charge in [-0.2, -0.15) is 0 Å². The molecule has 2 saturated carbocycles. The minimum Gasteiger partial charge on any atom is -0.481 e. The van der Waals surface area contributed by atoms with E-state index in [1.807, 2.05) is 6.92 Å². The largest absolute Gasteiger partial charge is 0.481 e. The number of hydrogen-bond acceptors (Lipinski definition) is 3. The van der Waals surface area contributed by atoms with Crippen LogP contribution in [0.4, 0.5) is 0 Å². The van der Waals surface area contributed by atoms with Gasteiger partial charge in [0.05, 0.1) is 11.7 Å². The quantitative estimate of drug-likeness (QED) is 0.410. The van der Waals surface area contributed by atoms with E-state index in [0.717, 1.165) is 44.9 Å². The summed E-state index contributed by atoms with van der Waals surface area (Å²) >= 11 is 0. The van der Waals surface area contributed by atoms with Crippen LogP contribution < -0.4 is 0 Å².